The normalized spacial score (nSPS) is 11.7. The number of hydrogen-bond acceptors (Lipinski definition) is 5. The third-order valence-corrected chi connectivity index (χ3v) is 0.996. The van der Waals surface area contributed by atoms with E-state index in [4.69, 9.17) is 0 Å². The fourth-order valence-electron chi connectivity index (χ4n) is 0.214. The van der Waals surface area contributed by atoms with Gasteiger partial charge in [0.15, 0.2) is 0 Å². The van der Waals surface area contributed by atoms with Crippen LogP contribution in [0, 0.1) is 0 Å². The second-order valence-electron chi connectivity index (χ2n) is 1.79. The molecule has 0 aliphatic carbocycles. The van der Waals surface area contributed by atoms with Crippen molar-refractivity contribution in [3.8, 4) is 0 Å². The molecule has 0 aliphatic heterocycles. The second-order valence-corrected chi connectivity index (χ2v) is 6.48. The standard InChI is InChI=1S/C3H8O3S.CH3ClO2S/c1-3-6-7(2,4)5;1-5(2,3)4/h3H2,1-2H3;1H3. The Balaban J connectivity index is 0. The fourth-order valence-corrected chi connectivity index (χ4v) is 0.642. The van der Waals surface area contributed by atoms with Gasteiger partial charge in [0.1, 0.15) is 0 Å². The van der Waals surface area contributed by atoms with E-state index in [1.54, 1.807) is 6.92 Å². The van der Waals surface area contributed by atoms with Gasteiger partial charge in [0.25, 0.3) is 10.1 Å². The average molecular weight is 239 g/mol. The van der Waals surface area contributed by atoms with Gasteiger partial charge in [-0.15, -0.1) is 0 Å². The van der Waals surface area contributed by atoms with E-state index in [0.717, 1.165) is 12.5 Å². The molecule has 0 radical (unpaired) electrons. The summed E-state index contributed by atoms with van der Waals surface area (Å²) in [5.74, 6) is 0. The van der Waals surface area contributed by atoms with E-state index < -0.39 is 19.2 Å². The van der Waals surface area contributed by atoms with Crippen molar-refractivity contribution in [2.45, 2.75) is 6.92 Å². The summed E-state index contributed by atoms with van der Waals surface area (Å²) in [4.78, 5) is 0. The summed E-state index contributed by atoms with van der Waals surface area (Å²) in [7, 11) is -1.87. The summed E-state index contributed by atoms with van der Waals surface area (Å²) in [5.41, 5.74) is 0. The topological polar surface area (TPSA) is 77.5 Å². The Bertz CT molecular complexity index is 281. The Labute approximate surface area is 77.2 Å². The van der Waals surface area contributed by atoms with Crippen molar-refractivity contribution >= 4 is 29.9 Å². The zero-order valence-electron chi connectivity index (χ0n) is 6.94. The van der Waals surface area contributed by atoms with Gasteiger partial charge in [-0.05, 0) is 6.92 Å². The Hall–Kier alpha value is 0.150. The van der Waals surface area contributed by atoms with Crippen LogP contribution in [0.1, 0.15) is 6.92 Å². The van der Waals surface area contributed by atoms with Crippen LogP contribution in [0.15, 0.2) is 0 Å². The third-order valence-electron chi connectivity index (χ3n) is 0.332. The van der Waals surface area contributed by atoms with Crippen LogP contribution in [0.2, 0.25) is 0 Å². The molecule has 12 heavy (non-hydrogen) atoms. The lowest BCUT2D eigenvalue weighted by molar-refractivity contribution is 0.342. The summed E-state index contributed by atoms with van der Waals surface area (Å²) < 4.78 is 43.0. The molecule has 0 aromatic rings. The van der Waals surface area contributed by atoms with E-state index in [-0.39, 0.29) is 6.61 Å². The maximum atomic E-state index is 10.0. The highest BCUT2D eigenvalue weighted by molar-refractivity contribution is 8.13. The summed E-state index contributed by atoms with van der Waals surface area (Å²) in [5, 5.41) is 0. The zero-order valence-corrected chi connectivity index (χ0v) is 9.33. The molecule has 0 rings (SSSR count). The minimum absolute atomic E-state index is 0.221. The maximum Gasteiger partial charge on any atom is 0.264 e. The molecule has 0 aliphatic rings. The number of hydrogen-bond donors (Lipinski definition) is 0. The molecule has 5 nitrogen and oxygen atoms in total. The summed E-state index contributed by atoms with van der Waals surface area (Å²) in [6.45, 7) is 1.85. The van der Waals surface area contributed by atoms with Crippen molar-refractivity contribution in [2.75, 3.05) is 19.1 Å². The first-order valence-electron chi connectivity index (χ1n) is 2.80. The minimum atomic E-state index is -3.19. The van der Waals surface area contributed by atoms with Crippen molar-refractivity contribution in [3.05, 3.63) is 0 Å². The molecule has 0 spiro atoms. The smallest absolute Gasteiger partial charge is 0.264 e. The van der Waals surface area contributed by atoms with E-state index in [9.17, 15) is 16.8 Å². The van der Waals surface area contributed by atoms with Crippen LogP contribution in [-0.2, 0) is 23.4 Å². The Kier molecular flexibility index (Phi) is 7.01. The first-order chi connectivity index (χ1) is 5.06. The van der Waals surface area contributed by atoms with Crippen LogP contribution in [0.5, 0.6) is 0 Å². The number of halogens is 1. The van der Waals surface area contributed by atoms with Gasteiger partial charge in [0, 0.05) is 10.7 Å². The van der Waals surface area contributed by atoms with Crippen molar-refractivity contribution in [1.82, 2.24) is 0 Å². The molecule has 0 amide bonds. The molecule has 0 bridgehead atoms. The molecule has 0 atom stereocenters. The van der Waals surface area contributed by atoms with Crippen molar-refractivity contribution < 1.29 is 21.0 Å². The molecular weight excluding hydrogens is 228 g/mol. The van der Waals surface area contributed by atoms with Crippen LogP contribution in [0.25, 0.3) is 0 Å². The molecule has 0 saturated carbocycles. The Morgan fingerprint density at radius 2 is 1.42 bits per heavy atom. The lowest BCUT2D eigenvalue weighted by atomic mass is 10.9. The first kappa shape index (κ1) is 14.7. The molecule has 0 saturated heterocycles. The van der Waals surface area contributed by atoms with Gasteiger partial charge in [-0.3, -0.25) is 4.18 Å². The first-order valence-corrected chi connectivity index (χ1v) is 7.33. The SMILES string of the molecule is CCOS(C)(=O)=O.CS(=O)(=O)Cl. The molecule has 0 unspecified atom stereocenters. The molecule has 0 fully saturated rings. The number of rotatable bonds is 2. The van der Waals surface area contributed by atoms with Gasteiger partial charge in [0.05, 0.1) is 19.1 Å². The van der Waals surface area contributed by atoms with Gasteiger partial charge in [-0.2, -0.15) is 8.42 Å². The van der Waals surface area contributed by atoms with E-state index in [2.05, 4.69) is 14.9 Å². The minimum Gasteiger partial charge on any atom is -0.271 e. The van der Waals surface area contributed by atoms with E-state index >= 15 is 0 Å². The van der Waals surface area contributed by atoms with Crippen molar-refractivity contribution in [1.29, 1.82) is 0 Å². The van der Waals surface area contributed by atoms with Crippen LogP contribution in [0.4, 0.5) is 0 Å². The van der Waals surface area contributed by atoms with Crippen molar-refractivity contribution in [3.63, 3.8) is 0 Å². The molecule has 8 heteroatoms. The second kappa shape index (κ2) is 5.74. The third kappa shape index (κ3) is 49.3. The highest BCUT2D eigenvalue weighted by Crippen LogP contribution is 1.83. The highest BCUT2D eigenvalue weighted by atomic mass is 35.7. The summed E-state index contributed by atoms with van der Waals surface area (Å²) in [6, 6.07) is 0. The Morgan fingerprint density at radius 3 is 1.42 bits per heavy atom. The predicted octanol–water partition coefficient (Wildman–Crippen LogP) is 0.167. The largest absolute Gasteiger partial charge is 0.271 e. The van der Waals surface area contributed by atoms with Crippen LogP contribution in [-0.4, -0.2) is 36.0 Å². The zero-order chi connectivity index (χ0) is 10.4. The average Bonchev–Trinajstić information content (AvgIpc) is 1.54. The van der Waals surface area contributed by atoms with E-state index in [1.807, 2.05) is 0 Å². The molecule has 76 valence electrons. The fraction of sp³-hybridized carbons (Fsp3) is 1.00. The monoisotopic (exact) mass is 238 g/mol. The van der Waals surface area contributed by atoms with Crippen LogP contribution in [0.3, 0.4) is 0 Å². The lowest BCUT2D eigenvalue weighted by Gasteiger charge is -1.90. The quantitative estimate of drug-likeness (QED) is 0.506. The molecule has 0 aromatic heterocycles. The highest BCUT2D eigenvalue weighted by Gasteiger charge is 1.94. The van der Waals surface area contributed by atoms with Crippen LogP contribution < -0.4 is 0 Å². The van der Waals surface area contributed by atoms with E-state index in [0.29, 0.717) is 0 Å². The molecule has 0 heterocycles. The van der Waals surface area contributed by atoms with Gasteiger partial charge in [-0.1, -0.05) is 0 Å². The predicted molar refractivity (Wildman–Crippen MR) is 47.2 cm³/mol. The Morgan fingerprint density at radius 1 is 1.17 bits per heavy atom. The van der Waals surface area contributed by atoms with Crippen molar-refractivity contribution in [2.24, 2.45) is 0 Å². The van der Waals surface area contributed by atoms with Gasteiger partial charge >= 0.3 is 0 Å². The lowest BCUT2D eigenvalue weighted by Crippen LogP contribution is -2.00. The summed E-state index contributed by atoms with van der Waals surface area (Å²) in [6.07, 6.45) is 1.95. The molecule has 0 N–H and O–H groups in total. The van der Waals surface area contributed by atoms with Crippen LogP contribution >= 0.6 is 10.7 Å². The molecular formula is C4H11ClO5S2. The maximum absolute atomic E-state index is 10.0. The summed E-state index contributed by atoms with van der Waals surface area (Å²) >= 11 is 0. The molecule has 0 aromatic carbocycles. The van der Waals surface area contributed by atoms with Gasteiger partial charge in [0.2, 0.25) is 9.05 Å². The van der Waals surface area contributed by atoms with Gasteiger partial charge < -0.3 is 0 Å². The van der Waals surface area contributed by atoms with Gasteiger partial charge in [-0.25, -0.2) is 8.42 Å². The van der Waals surface area contributed by atoms with E-state index in [1.165, 1.54) is 0 Å².